The standard InChI is InChI=1S/C17H28FN5.HI/c1-13-5-6-14(9-16(13)18)10-20-17(19-2)21-11-15-12-22(3)7-8-23(15)4;/h5-6,9,15H,7-8,10-12H2,1-4H3,(H2,19,20,21);1H. The Morgan fingerprint density at radius 2 is 2.04 bits per heavy atom. The molecule has 0 saturated carbocycles. The minimum atomic E-state index is -0.167. The first kappa shape index (κ1) is 21.1. The van der Waals surface area contributed by atoms with Crippen molar-refractivity contribution < 1.29 is 4.39 Å². The van der Waals surface area contributed by atoms with E-state index in [9.17, 15) is 4.39 Å². The molecule has 1 aliphatic rings. The SMILES string of the molecule is CN=C(NCc1ccc(C)c(F)c1)NCC1CN(C)CCN1C.I. The van der Waals surface area contributed by atoms with Crippen molar-refractivity contribution >= 4 is 29.9 Å². The van der Waals surface area contributed by atoms with E-state index in [1.165, 1.54) is 0 Å². The molecular weight excluding hydrogens is 420 g/mol. The average molecular weight is 449 g/mol. The molecule has 136 valence electrons. The van der Waals surface area contributed by atoms with Crippen molar-refractivity contribution in [2.45, 2.75) is 19.5 Å². The van der Waals surface area contributed by atoms with E-state index < -0.39 is 0 Å². The summed E-state index contributed by atoms with van der Waals surface area (Å²) in [4.78, 5) is 8.96. The van der Waals surface area contributed by atoms with Crippen LogP contribution in [0.15, 0.2) is 23.2 Å². The van der Waals surface area contributed by atoms with Crippen LogP contribution in [0.25, 0.3) is 0 Å². The second-order valence-corrected chi connectivity index (χ2v) is 6.29. The molecule has 5 nitrogen and oxygen atoms in total. The largest absolute Gasteiger partial charge is 0.355 e. The molecule has 1 fully saturated rings. The molecule has 0 radical (unpaired) electrons. The van der Waals surface area contributed by atoms with Gasteiger partial charge in [0.25, 0.3) is 0 Å². The Morgan fingerprint density at radius 1 is 1.29 bits per heavy atom. The van der Waals surface area contributed by atoms with Gasteiger partial charge in [0.15, 0.2) is 5.96 Å². The van der Waals surface area contributed by atoms with E-state index in [4.69, 9.17) is 0 Å². The molecule has 1 unspecified atom stereocenters. The summed E-state index contributed by atoms with van der Waals surface area (Å²) in [5, 5.41) is 6.60. The Labute approximate surface area is 161 Å². The first-order chi connectivity index (χ1) is 11.0. The number of hydrogen-bond acceptors (Lipinski definition) is 3. The fourth-order valence-corrected chi connectivity index (χ4v) is 2.69. The van der Waals surface area contributed by atoms with Gasteiger partial charge < -0.3 is 15.5 Å². The molecule has 0 aromatic heterocycles. The zero-order valence-corrected chi connectivity index (χ0v) is 17.3. The quantitative estimate of drug-likeness (QED) is 0.417. The first-order valence-corrected chi connectivity index (χ1v) is 8.08. The topological polar surface area (TPSA) is 42.9 Å². The van der Waals surface area contributed by atoms with E-state index in [1.807, 2.05) is 6.07 Å². The van der Waals surface area contributed by atoms with E-state index >= 15 is 0 Å². The van der Waals surface area contributed by atoms with Crippen LogP contribution in [-0.4, -0.2) is 69.1 Å². The number of aliphatic imine (C=N–C) groups is 1. The second kappa shape index (κ2) is 10.1. The van der Waals surface area contributed by atoms with Crippen molar-refractivity contribution in [1.82, 2.24) is 20.4 Å². The normalized spacial score (nSPS) is 19.7. The first-order valence-electron chi connectivity index (χ1n) is 8.08. The Bertz CT molecular complexity index is 552. The van der Waals surface area contributed by atoms with E-state index in [1.54, 1.807) is 26.1 Å². The van der Waals surface area contributed by atoms with Gasteiger partial charge >= 0.3 is 0 Å². The molecule has 0 spiro atoms. The third kappa shape index (κ3) is 6.18. The minimum Gasteiger partial charge on any atom is -0.355 e. The molecule has 1 saturated heterocycles. The molecule has 1 heterocycles. The van der Waals surface area contributed by atoms with Crippen LogP contribution in [0.2, 0.25) is 0 Å². The van der Waals surface area contributed by atoms with Gasteiger partial charge in [0, 0.05) is 45.8 Å². The number of likely N-dealkylation sites (N-methyl/N-ethyl adjacent to an activating group) is 2. The van der Waals surface area contributed by atoms with Gasteiger partial charge in [0.05, 0.1) is 0 Å². The van der Waals surface area contributed by atoms with Crippen molar-refractivity contribution in [3.05, 3.63) is 35.1 Å². The van der Waals surface area contributed by atoms with Crippen molar-refractivity contribution in [2.75, 3.05) is 47.3 Å². The second-order valence-electron chi connectivity index (χ2n) is 6.29. The molecule has 2 N–H and O–H groups in total. The van der Waals surface area contributed by atoms with Crippen LogP contribution in [-0.2, 0) is 6.54 Å². The predicted octanol–water partition coefficient (Wildman–Crippen LogP) is 1.66. The number of aryl methyl sites for hydroxylation is 1. The molecule has 0 aliphatic carbocycles. The molecule has 0 bridgehead atoms. The predicted molar refractivity (Wildman–Crippen MR) is 109 cm³/mol. The lowest BCUT2D eigenvalue weighted by Crippen LogP contribution is -2.55. The van der Waals surface area contributed by atoms with Crippen LogP contribution >= 0.6 is 24.0 Å². The third-order valence-electron chi connectivity index (χ3n) is 4.41. The highest BCUT2D eigenvalue weighted by Crippen LogP contribution is 2.09. The van der Waals surface area contributed by atoms with Gasteiger partial charge in [-0.15, -0.1) is 24.0 Å². The number of benzene rings is 1. The monoisotopic (exact) mass is 449 g/mol. The number of hydrogen-bond donors (Lipinski definition) is 2. The minimum absolute atomic E-state index is 0. The van der Waals surface area contributed by atoms with Crippen LogP contribution < -0.4 is 10.6 Å². The van der Waals surface area contributed by atoms with Crippen molar-refractivity contribution in [2.24, 2.45) is 4.99 Å². The van der Waals surface area contributed by atoms with Crippen molar-refractivity contribution in [3.63, 3.8) is 0 Å². The van der Waals surface area contributed by atoms with Gasteiger partial charge in [0.1, 0.15) is 5.82 Å². The summed E-state index contributed by atoms with van der Waals surface area (Å²) in [6.07, 6.45) is 0. The highest BCUT2D eigenvalue weighted by Gasteiger charge is 2.21. The molecule has 1 atom stereocenters. The maximum atomic E-state index is 13.6. The maximum Gasteiger partial charge on any atom is 0.191 e. The van der Waals surface area contributed by atoms with Crippen LogP contribution in [0.3, 0.4) is 0 Å². The summed E-state index contributed by atoms with van der Waals surface area (Å²) in [6, 6.07) is 5.77. The Morgan fingerprint density at radius 3 is 2.71 bits per heavy atom. The Kier molecular flexibility index (Phi) is 8.93. The van der Waals surface area contributed by atoms with E-state index in [0.29, 0.717) is 18.2 Å². The van der Waals surface area contributed by atoms with Gasteiger partial charge in [-0.3, -0.25) is 9.89 Å². The smallest absolute Gasteiger partial charge is 0.191 e. The van der Waals surface area contributed by atoms with E-state index in [-0.39, 0.29) is 29.8 Å². The van der Waals surface area contributed by atoms with Gasteiger partial charge in [-0.1, -0.05) is 12.1 Å². The highest BCUT2D eigenvalue weighted by atomic mass is 127. The van der Waals surface area contributed by atoms with Gasteiger partial charge in [-0.05, 0) is 38.2 Å². The summed E-state index contributed by atoms with van der Waals surface area (Å²) in [6.45, 7) is 6.39. The lowest BCUT2D eigenvalue weighted by Gasteiger charge is -2.37. The molecule has 1 aromatic rings. The van der Waals surface area contributed by atoms with Gasteiger partial charge in [-0.25, -0.2) is 4.39 Å². The third-order valence-corrected chi connectivity index (χ3v) is 4.41. The number of halogens is 2. The number of rotatable bonds is 4. The fraction of sp³-hybridized carbons (Fsp3) is 0.588. The summed E-state index contributed by atoms with van der Waals surface area (Å²) >= 11 is 0. The number of guanidine groups is 1. The summed E-state index contributed by atoms with van der Waals surface area (Å²) in [5.74, 6) is 0.576. The maximum absolute atomic E-state index is 13.6. The zero-order valence-electron chi connectivity index (χ0n) is 15.0. The van der Waals surface area contributed by atoms with Crippen molar-refractivity contribution in [3.8, 4) is 0 Å². The molecule has 24 heavy (non-hydrogen) atoms. The number of piperazine rings is 1. The lowest BCUT2D eigenvalue weighted by molar-refractivity contribution is 0.116. The number of nitrogens with zero attached hydrogens (tertiary/aromatic N) is 3. The van der Waals surface area contributed by atoms with Crippen LogP contribution in [0.1, 0.15) is 11.1 Å². The lowest BCUT2D eigenvalue weighted by atomic mass is 10.1. The zero-order chi connectivity index (χ0) is 16.8. The summed E-state index contributed by atoms with van der Waals surface area (Å²) in [5.41, 5.74) is 1.58. The van der Waals surface area contributed by atoms with E-state index in [0.717, 1.165) is 37.7 Å². The molecule has 7 heteroatoms. The van der Waals surface area contributed by atoms with Crippen LogP contribution in [0, 0.1) is 12.7 Å². The average Bonchev–Trinajstić information content (AvgIpc) is 2.54. The Balaban J connectivity index is 0.00000288. The summed E-state index contributed by atoms with van der Waals surface area (Å²) in [7, 11) is 6.06. The molecule has 1 aliphatic heterocycles. The number of nitrogens with one attached hydrogen (secondary N) is 2. The van der Waals surface area contributed by atoms with Crippen LogP contribution in [0.4, 0.5) is 4.39 Å². The van der Waals surface area contributed by atoms with E-state index in [2.05, 4.69) is 39.5 Å². The molecule has 1 aromatic carbocycles. The van der Waals surface area contributed by atoms with Gasteiger partial charge in [0.2, 0.25) is 0 Å². The molecule has 2 rings (SSSR count). The van der Waals surface area contributed by atoms with Crippen LogP contribution in [0.5, 0.6) is 0 Å². The Hall–Kier alpha value is -0.930. The fourth-order valence-electron chi connectivity index (χ4n) is 2.69. The van der Waals surface area contributed by atoms with Gasteiger partial charge in [-0.2, -0.15) is 0 Å². The van der Waals surface area contributed by atoms with Crippen molar-refractivity contribution in [1.29, 1.82) is 0 Å². The molecular formula is C17H29FIN5. The molecule has 0 amide bonds. The summed E-state index contributed by atoms with van der Waals surface area (Å²) < 4.78 is 13.6. The highest BCUT2D eigenvalue weighted by molar-refractivity contribution is 14.0.